The van der Waals surface area contributed by atoms with Crippen molar-refractivity contribution in [3.8, 4) is 0 Å². The van der Waals surface area contributed by atoms with Crippen LogP contribution >= 0.6 is 0 Å². The van der Waals surface area contributed by atoms with Crippen molar-refractivity contribution in [1.82, 2.24) is 24.9 Å². The molecule has 0 bridgehead atoms. The van der Waals surface area contributed by atoms with Gasteiger partial charge in [-0.25, -0.2) is 19.3 Å². The van der Waals surface area contributed by atoms with Crippen LogP contribution in [0.5, 0.6) is 0 Å². The zero-order valence-electron chi connectivity index (χ0n) is 16.7. The van der Waals surface area contributed by atoms with Crippen molar-refractivity contribution < 1.29 is 0 Å². The van der Waals surface area contributed by atoms with Gasteiger partial charge in [-0.3, -0.25) is 0 Å². The molecular weight excluding hydrogens is 352 g/mol. The van der Waals surface area contributed by atoms with Gasteiger partial charge < -0.3 is 10.6 Å². The summed E-state index contributed by atoms with van der Waals surface area (Å²) in [6.45, 7) is 8.30. The van der Waals surface area contributed by atoms with Crippen LogP contribution in [-0.4, -0.2) is 38.7 Å². The predicted molar refractivity (Wildman–Crippen MR) is 111 cm³/mol. The third-order valence-corrected chi connectivity index (χ3v) is 5.46. The van der Waals surface area contributed by atoms with Crippen molar-refractivity contribution in [2.45, 2.75) is 45.1 Å². The summed E-state index contributed by atoms with van der Waals surface area (Å²) >= 11 is 0. The quantitative estimate of drug-likeness (QED) is 0.632. The molecule has 1 aliphatic rings. The molecule has 7 nitrogen and oxygen atoms in total. The Morgan fingerprint density at radius 1 is 1.29 bits per heavy atom. The molecule has 2 aromatic heterocycles. The Hall–Kier alpha value is -2.67. The SMILES string of the molecule is CC(C)(C)c1cn2c(=O)[nH]nc2c(NC(Cc2ccccc2)C2CCNC2)n1. The third kappa shape index (κ3) is 3.80. The first kappa shape index (κ1) is 18.7. The Morgan fingerprint density at radius 2 is 2.07 bits per heavy atom. The van der Waals surface area contributed by atoms with Gasteiger partial charge in [0.25, 0.3) is 0 Å². The number of anilines is 1. The van der Waals surface area contributed by atoms with Gasteiger partial charge in [0, 0.05) is 17.7 Å². The van der Waals surface area contributed by atoms with E-state index in [9.17, 15) is 4.79 Å². The molecule has 3 heterocycles. The third-order valence-electron chi connectivity index (χ3n) is 5.46. The largest absolute Gasteiger partial charge is 0.364 e. The summed E-state index contributed by atoms with van der Waals surface area (Å²) in [5.74, 6) is 1.16. The highest BCUT2D eigenvalue weighted by atomic mass is 16.1. The molecule has 2 atom stereocenters. The van der Waals surface area contributed by atoms with Crippen LogP contribution in [0.1, 0.15) is 38.4 Å². The van der Waals surface area contributed by atoms with Crippen LogP contribution in [0.4, 0.5) is 5.82 Å². The fraction of sp³-hybridized carbons (Fsp3) is 0.476. The van der Waals surface area contributed by atoms with Gasteiger partial charge in [0.1, 0.15) is 0 Å². The number of benzene rings is 1. The maximum Gasteiger partial charge on any atom is 0.347 e. The number of fused-ring (bicyclic) bond motifs is 1. The summed E-state index contributed by atoms with van der Waals surface area (Å²) in [6.07, 6.45) is 3.80. The molecular formula is C21H28N6O. The van der Waals surface area contributed by atoms with Gasteiger partial charge >= 0.3 is 5.69 Å². The van der Waals surface area contributed by atoms with Gasteiger partial charge in [0.15, 0.2) is 5.82 Å². The molecule has 1 fully saturated rings. The van der Waals surface area contributed by atoms with E-state index in [4.69, 9.17) is 4.98 Å². The predicted octanol–water partition coefficient (Wildman–Crippen LogP) is 2.35. The average molecular weight is 380 g/mol. The number of hydrogen-bond donors (Lipinski definition) is 3. The molecule has 1 aromatic carbocycles. The maximum absolute atomic E-state index is 12.2. The number of rotatable bonds is 5. The van der Waals surface area contributed by atoms with Crippen LogP contribution in [0.2, 0.25) is 0 Å². The van der Waals surface area contributed by atoms with Crippen molar-refractivity contribution in [2.24, 2.45) is 5.92 Å². The Labute approximate surface area is 164 Å². The minimum absolute atomic E-state index is 0.175. The molecule has 2 unspecified atom stereocenters. The van der Waals surface area contributed by atoms with Crippen LogP contribution in [-0.2, 0) is 11.8 Å². The number of nitrogens with one attached hydrogen (secondary N) is 3. The van der Waals surface area contributed by atoms with Crippen LogP contribution < -0.4 is 16.3 Å². The average Bonchev–Trinajstić information content (AvgIpc) is 3.32. The molecule has 0 radical (unpaired) electrons. The summed E-state index contributed by atoms with van der Waals surface area (Å²) in [4.78, 5) is 17.1. The molecule has 148 valence electrons. The monoisotopic (exact) mass is 380 g/mol. The fourth-order valence-corrected chi connectivity index (χ4v) is 3.77. The van der Waals surface area contributed by atoms with Gasteiger partial charge in [-0.15, -0.1) is 5.10 Å². The lowest BCUT2D eigenvalue weighted by molar-refractivity contribution is 0.476. The van der Waals surface area contributed by atoms with Crippen molar-refractivity contribution in [3.63, 3.8) is 0 Å². The van der Waals surface area contributed by atoms with Crippen molar-refractivity contribution in [1.29, 1.82) is 0 Å². The van der Waals surface area contributed by atoms with Crippen LogP contribution in [0, 0.1) is 5.92 Å². The normalized spacial score (nSPS) is 18.5. The van der Waals surface area contributed by atoms with E-state index in [1.807, 2.05) is 6.07 Å². The van der Waals surface area contributed by atoms with Gasteiger partial charge in [-0.1, -0.05) is 51.1 Å². The molecule has 0 spiro atoms. The van der Waals surface area contributed by atoms with Gasteiger partial charge in [-0.2, -0.15) is 0 Å². The van der Waals surface area contributed by atoms with Crippen LogP contribution in [0.25, 0.3) is 5.65 Å². The number of aromatic amines is 1. The smallest absolute Gasteiger partial charge is 0.347 e. The zero-order valence-corrected chi connectivity index (χ0v) is 16.7. The van der Waals surface area contributed by atoms with Gasteiger partial charge in [0.05, 0.1) is 5.69 Å². The van der Waals surface area contributed by atoms with E-state index in [-0.39, 0.29) is 17.1 Å². The fourth-order valence-electron chi connectivity index (χ4n) is 3.77. The molecule has 1 aliphatic heterocycles. The second-order valence-corrected chi connectivity index (χ2v) is 8.64. The molecule has 1 saturated heterocycles. The maximum atomic E-state index is 12.2. The summed E-state index contributed by atoms with van der Waals surface area (Å²) in [5.41, 5.74) is 2.27. The summed E-state index contributed by atoms with van der Waals surface area (Å²) in [6, 6.07) is 10.7. The first-order chi connectivity index (χ1) is 13.4. The van der Waals surface area contributed by atoms with Crippen LogP contribution in [0.3, 0.4) is 0 Å². The molecule has 7 heteroatoms. The highest BCUT2D eigenvalue weighted by Gasteiger charge is 2.27. The van der Waals surface area contributed by atoms with Crippen molar-refractivity contribution >= 4 is 11.5 Å². The summed E-state index contributed by atoms with van der Waals surface area (Å²) < 4.78 is 1.56. The Bertz CT molecular complexity index is 995. The van der Waals surface area contributed by atoms with E-state index < -0.39 is 0 Å². The molecule has 0 aliphatic carbocycles. The first-order valence-corrected chi connectivity index (χ1v) is 9.91. The zero-order chi connectivity index (χ0) is 19.7. The Balaban J connectivity index is 1.73. The summed E-state index contributed by atoms with van der Waals surface area (Å²) in [5, 5.41) is 13.9. The van der Waals surface area contributed by atoms with E-state index in [1.54, 1.807) is 10.6 Å². The Kier molecular flexibility index (Phi) is 4.93. The lowest BCUT2D eigenvalue weighted by atomic mass is 9.92. The number of H-pyrrole nitrogens is 1. The number of aromatic nitrogens is 4. The minimum Gasteiger partial charge on any atom is -0.364 e. The topological polar surface area (TPSA) is 87.1 Å². The highest BCUT2D eigenvalue weighted by Crippen LogP contribution is 2.26. The minimum atomic E-state index is -0.243. The molecule has 0 saturated carbocycles. The van der Waals surface area contributed by atoms with Crippen LogP contribution in [0.15, 0.2) is 41.3 Å². The van der Waals surface area contributed by atoms with E-state index in [0.29, 0.717) is 17.4 Å². The molecule has 3 aromatic rings. The second-order valence-electron chi connectivity index (χ2n) is 8.64. The van der Waals surface area contributed by atoms with E-state index in [2.05, 4.69) is 65.9 Å². The van der Waals surface area contributed by atoms with E-state index in [0.717, 1.165) is 31.6 Å². The second kappa shape index (κ2) is 7.39. The molecule has 0 amide bonds. The lowest BCUT2D eigenvalue weighted by Gasteiger charge is -2.26. The first-order valence-electron chi connectivity index (χ1n) is 9.91. The highest BCUT2D eigenvalue weighted by molar-refractivity contribution is 5.63. The summed E-state index contributed by atoms with van der Waals surface area (Å²) in [7, 11) is 0. The number of hydrogen-bond acceptors (Lipinski definition) is 5. The van der Waals surface area contributed by atoms with E-state index in [1.165, 1.54) is 5.56 Å². The number of nitrogens with zero attached hydrogens (tertiary/aromatic N) is 3. The standard InChI is InChI=1S/C21H28N6O/c1-21(2,3)17-13-27-19(25-26-20(27)28)18(24-17)23-16(15-9-10-22-12-15)11-14-7-5-4-6-8-14/h4-8,13,15-16,22H,9-12H2,1-3H3,(H,23,24)(H,26,28). The van der Waals surface area contributed by atoms with Gasteiger partial charge in [-0.05, 0) is 37.4 Å². The van der Waals surface area contributed by atoms with Crippen molar-refractivity contribution in [2.75, 3.05) is 18.4 Å². The molecule has 4 rings (SSSR count). The van der Waals surface area contributed by atoms with Gasteiger partial charge in [0.2, 0.25) is 5.65 Å². The van der Waals surface area contributed by atoms with Crippen molar-refractivity contribution in [3.05, 3.63) is 58.3 Å². The molecule has 3 N–H and O–H groups in total. The lowest BCUT2D eigenvalue weighted by Crippen LogP contribution is -2.34. The van der Waals surface area contributed by atoms with E-state index >= 15 is 0 Å². The Morgan fingerprint density at radius 3 is 2.75 bits per heavy atom. The molecule has 28 heavy (non-hydrogen) atoms.